The number of hydrogen-bond donors (Lipinski definition) is 2. The van der Waals surface area contributed by atoms with E-state index in [0.29, 0.717) is 12.8 Å². The molecule has 0 bridgehead atoms. The van der Waals surface area contributed by atoms with E-state index < -0.39 is 28.9 Å². The lowest BCUT2D eigenvalue weighted by molar-refractivity contribution is -0.138. The lowest BCUT2D eigenvalue weighted by Gasteiger charge is -2.31. The molecule has 1 saturated heterocycles. The van der Waals surface area contributed by atoms with Gasteiger partial charge in [-0.15, -0.1) is 0 Å². The summed E-state index contributed by atoms with van der Waals surface area (Å²) in [6.45, 7) is -1.60. The van der Waals surface area contributed by atoms with Crippen LogP contribution in [-0.2, 0) is 15.0 Å². The monoisotopic (exact) mass is 304 g/mol. The van der Waals surface area contributed by atoms with Crippen LogP contribution in [0, 0.1) is 5.92 Å². The lowest BCUT2D eigenvalue weighted by Crippen LogP contribution is -2.48. The maximum absolute atomic E-state index is 12.0. The predicted molar refractivity (Wildman–Crippen MR) is 59.5 cm³/mol. The molecule has 0 radical (unpaired) electrons. The van der Waals surface area contributed by atoms with Gasteiger partial charge in [0.25, 0.3) is 10.2 Å². The van der Waals surface area contributed by atoms with Crippen LogP contribution in [0.1, 0.15) is 19.3 Å². The first-order valence-electron chi connectivity index (χ1n) is 5.63. The Morgan fingerprint density at radius 3 is 2.58 bits per heavy atom. The van der Waals surface area contributed by atoms with Crippen LogP contribution in [-0.4, -0.2) is 49.6 Å². The average molecular weight is 304 g/mol. The maximum Gasteiger partial charge on any atom is 0.402 e. The predicted octanol–water partition coefficient (Wildman–Crippen LogP) is 0.570. The smallest absolute Gasteiger partial charge is 0.402 e. The van der Waals surface area contributed by atoms with Crippen molar-refractivity contribution in [3.8, 4) is 0 Å². The number of carboxylic acid groups (broad SMARTS) is 1. The van der Waals surface area contributed by atoms with Crippen LogP contribution >= 0.6 is 0 Å². The molecule has 1 fully saturated rings. The fourth-order valence-corrected chi connectivity index (χ4v) is 3.23. The molecule has 6 nitrogen and oxygen atoms in total. The normalized spacial score (nSPS) is 22.4. The molecule has 0 aromatic rings. The summed E-state index contributed by atoms with van der Waals surface area (Å²) in [4.78, 5) is 10.5. The first-order chi connectivity index (χ1) is 8.60. The maximum atomic E-state index is 12.0. The van der Waals surface area contributed by atoms with Crippen LogP contribution in [0.5, 0.6) is 0 Å². The van der Waals surface area contributed by atoms with Crippen LogP contribution in [0.15, 0.2) is 0 Å². The summed E-state index contributed by atoms with van der Waals surface area (Å²) in [6, 6.07) is 0. The summed E-state index contributed by atoms with van der Waals surface area (Å²) in [6.07, 6.45) is -3.82. The number of alkyl halides is 3. The molecule has 1 rings (SSSR count). The van der Waals surface area contributed by atoms with E-state index >= 15 is 0 Å². The SMILES string of the molecule is O=C(O)CC1CCCN(S(=O)(=O)NCC(F)(F)F)C1. The summed E-state index contributed by atoms with van der Waals surface area (Å²) in [7, 11) is -4.21. The first-order valence-corrected chi connectivity index (χ1v) is 7.07. The second-order valence-corrected chi connectivity index (χ2v) is 6.16. The minimum Gasteiger partial charge on any atom is -0.481 e. The largest absolute Gasteiger partial charge is 0.481 e. The molecular formula is C9H15F3N2O4S. The molecule has 0 aliphatic carbocycles. The van der Waals surface area contributed by atoms with Gasteiger partial charge in [-0.2, -0.15) is 30.6 Å². The molecule has 1 aliphatic rings. The number of aliphatic carboxylic acids is 1. The van der Waals surface area contributed by atoms with Crippen LogP contribution < -0.4 is 4.72 Å². The van der Waals surface area contributed by atoms with Crippen molar-refractivity contribution in [1.29, 1.82) is 0 Å². The van der Waals surface area contributed by atoms with E-state index in [1.54, 1.807) is 0 Å². The molecule has 19 heavy (non-hydrogen) atoms. The fourth-order valence-electron chi connectivity index (χ4n) is 1.92. The summed E-state index contributed by atoms with van der Waals surface area (Å²) in [5, 5.41) is 8.63. The topological polar surface area (TPSA) is 86.7 Å². The zero-order valence-electron chi connectivity index (χ0n) is 9.98. The highest BCUT2D eigenvalue weighted by Crippen LogP contribution is 2.22. The van der Waals surface area contributed by atoms with E-state index in [1.165, 1.54) is 4.72 Å². The van der Waals surface area contributed by atoms with Gasteiger partial charge in [0.05, 0.1) is 0 Å². The highest BCUT2D eigenvalue weighted by Gasteiger charge is 2.34. The molecule has 2 N–H and O–H groups in total. The summed E-state index contributed by atoms with van der Waals surface area (Å²) >= 11 is 0. The van der Waals surface area contributed by atoms with Crippen molar-refractivity contribution in [2.24, 2.45) is 5.92 Å². The molecule has 0 saturated carbocycles. The Morgan fingerprint density at radius 2 is 2.05 bits per heavy atom. The van der Waals surface area contributed by atoms with Crippen molar-refractivity contribution in [2.45, 2.75) is 25.4 Å². The number of nitrogens with zero attached hydrogens (tertiary/aromatic N) is 1. The average Bonchev–Trinajstić information content (AvgIpc) is 2.25. The van der Waals surface area contributed by atoms with Gasteiger partial charge >= 0.3 is 12.1 Å². The molecule has 0 aromatic heterocycles. The third-order valence-corrected chi connectivity index (χ3v) is 4.26. The number of nitrogens with one attached hydrogen (secondary N) is 1. The van der Waals surface area contributed by atoms with Crippen molar-refractivity contribution in [2.75, 3.05) is 19.6 Å². The van der Waals surface area contributed by atoms with Crippen LogP contribution in [0.2, 0.25) is 0 Å². The van der Waals surface area contributed by atoms with Crippen LogP contribution in [0.3, 0.4) is 0 Å². The second-order valence-electron chi connectivity index (χ2n) is 4.41. The van der Waals surface area contributed by atoms with Gasteiger partial charge in [0.2, 0.25) is 0 Å². The van der Waals surface area contributed by atoms with E-state index in [4.69, 9.17) is 5.11 Å². The molecule has 0 spiro atoms. The molecule has 112 valence electrons. The van der Waals surface area contributed by atoms with Crippen molar-refractivity contribution in [3.63, 3.8) is 0 Å². The van der Waals surface area contributed by atoms with Gasteiger partial charge in [0, 0.05) is 19.5 Å². The molecule has 1 heterocycles. The Bertz CT molecular complexity index is 424. The Labute approximate surface area is 108 Å². The van der Waals surface area contributed by atoms with Gasteiger partial charge in [-0.25, -0.2) is 0 Å². The Balaban J connectivity index is 2.60. The standard InChI is InChI=1S/C9H15F3N2O4S/c10-9(11,12)6-13-19(17,18)14-3-1-2-7(5-14)4-8(15)16/h7,13H,1-6H2,(H,15,16). The second kappa shape index (κ2) is 6.06. The molecular weight excluding hydrogens is 289 g/mol. The van der Waals surface area contributed by atoms with Crippen molar-refractivity contribution < 1.29 is 31.5 Å². The van der Waals surface area contributed by atoms with Crippen molar-refractivity contribution in [3.05, 3.63) is 0 Å². The van der Waals surface area contributed by atoms with E-state index in [0.717, 1.165) is 4.31 Å². The quantitative estimate of drug-likeness (QED) is 0.777. The molecule has 10 heteroatoms. The molecule has 0 amide bonds. The zero-order valence-corrected chi connectivity index (χ0v) is 10.8. The van der Waals surface area contributed by atoms with Crippen LogP contribution in [0.4, 0.5) is 13.2 Å². The van der Waals surface area contributed by atoms with Gasteiger partial charge in [0.15, 0.2) is 0 Å². The molecule has 0 aromatic carbocycles. The molecule has 1 atom stereocenters. The molecule has 1 unspecified atom stereocenters. The summed E-state index contributed by atoms with van der Waals surface area (Å²) < 4.78 is 61.5. The number of carbonyl (C=O) groups is 1. The van der Waals surface area contributed by atoms with E-state index in [1.807, 2.05) is 0 Å². The van der Waals surface area contributed by atoms with Gasteiger partial charge < -0.3 is 5.11 Å². The minimum absolute atomic E-state index is 0.0699. The Morgan fingerprint density at radius 1 is 1.42 bits per heavy atom. The van der Waals surface area contributed by atoms with Crippen molar-refractivity contribution >= 4 is 16.2 Å². The summed E-state index contributed by atoms with van der Waals surface area (Å²) in [5.41, 5.74) is 0. The Kier molecular flexibility index (Phi) is 5.16. The lowest BCUT2D eigenvalue weighted by atomic mass is 9.96. The van der Waals surface area contributed by atoms with Gasteiger partial charge in [-0.05, 0) is 18.8 Å². The zero-order chi connectivity index (χ0) is 14.7. The van der Waals surface area contributed by atoms with Crippen LogP contribution in [0.25, 0.3) is 0 Å². The highest BCUT2D eigenvalue weighted by atomic mass is 32.2. The minimum atomic E-state index is -4.62. The highest BCUT2D eigenvalue weighted by molar-refractivity contribution is 7.87. The third-order valence-electron chi connectivity index (χ3n) is 2.74. The number of piperidine rings is 1. The van der Waals surface area contributed by atoms with Gasteiger partial charge in [-0.3, -0.25) is 4.79 Å². The third kappa shape index (κ3) is 5.74. The van der Waals surface area contributed by atoms with E-state index in [-0.39, 0.29) is 25.4 Å². The van der Waals surface area contributed by atoms with Gasteiger partial charge in [0.1, 0.15) is 6.54 Å². The molecule has 1 aliphatic heterocycles. The number of carboxylic acids is 1. The van der Waals surface area contributed by atoms with Crippen molar-refractivity contribution in [1.82, 2.24) is 9.03 Å². The number of halogens is 3. The van der Waals surface area contributed by atoms with E-state index in [9.17, 15) is 26.4 Å². The van der Waals surface area contributed by atoms with Gasteiger partial charge in [-0.1, -0.05) is 0 Å². The number of hydrogen-bond acceptors (Lipinski definition) is 3. The first kappa shape index (κ1) is 16.2. The van der Waals surface area contributed by atoms with E-state index in [2.05, 4.69) is 0 Å². The fraction of sp³-hybridized carbons (Fsp3) is 0.889. The Hall–Kier alpha value is -0.870. The summed E-state index contributed by atoms with van der Waals surface area (Å²) in [5.74, 6) is -1.42. The number of rotatable bonds is 5.